The van der Waals surface area contributed by atoms with Crippen molar-refractivity contribution in [2.24, 2.45) is 9.81 Å². The molecule has 1 aromatic carbocycles. The van der Waals surface area contributed by atoms with E-state index in [2.05, 4.69) is 25.2 Å². The second-order valence-electron chi connectivity index (χ2n) is 8.97. The molecular weight excluding hydrogens is 448 g/mol. The molecule has 170 valence electrons. The number of amides is 1. The summed E-state index contributed by atoms with van der Waals surface area (Å²) < 4.78 is 35.2. The van der Waals surface area contributed by atoms with Crippen LogP contribution in [0, 0.1) is 5.41 Å². The standard InChI is InChI=1S/C23H26N2O5S2/c1-5-30-15-9-6-8-14-18(24-32(28,29)21(14)15)17-20(26)19(16-10-7-13-31-16)25(22(17)27)12-11-23(2,3)4/h6-10,13,19,26H,5,11-12H2,1-4H3/t19-/m0/s1. The number of ether oxygens (including phenoxy) is 1. The minimum absolute atomic E-state index is 0.0220. The summed E-state index contributed by atoms with van der Waals surface area (Å²) in [6.07, 6.45) is 0.719. The quantitative estimate of drug-likeness (QED) is 0.666. The number of benzene rings is 1. The molecule has 0 aliphatic carbocycles. The minimum atomic E-state index is -4.07. The Hall–Kier alpha value is -2.65. The lowest BCUT2D eigenvalue weighted by molar-refractivity contribution is -0.127. The van der Waals surface area contributed by atoms with Gasteiger partial charge in [0.25, 0.3) is 15.9 Å². The van der Waals surface area contributed by atoms with E-state index in [0.29, 0.717) is 6.54 Å². The highest BCUT2D eigenvalue weighted by Crippen LogP contribution is 2.44. The lowest BCUT2D eigenvalue weighted by Crippen LogP contribution is -2.33. The highest BCUT2D eigenvalue weighted by atomic mass is 32.2. The Morgan fingerprint density at radius 3 is 2.59 bits per heavy atom. The smallest absolute Gasteiger partial charge is 0.287 e. The van der Waals surface area contributed by atoms with Crippen molar-refractivity contribution in [3.63, 3.8) is 0 Å². The topological polar surface area (TPSA) is 96.3 Å². The molecule has 0 radical (unpaired) electrons. The Bertz CT molecular complexity index is 1220. The molecule has 2 aromatic rings. The van der Waals surface area contributed by atoms with Gasteiger partial charge in [-0.05, 0) is 36.3 Å². The molecule has 2 aliphatic rings. The summed E-state index contributed by atoms with van der Waals surface area (Å²) in [5.41, 5.74) is 0.164. The van der Waals surface area contributed by atoms with E-state index in [-0.39, 0.29) is 45.3 Å². The molecule has 9 heteroatoms. The van der Waals surface area contributed by atoms with Crippen molar-refractivity contribution in [2.45, 2.75) is 45.1 Å². The number of carbonyl (C=O) groups is 1. The first-order valence-electron chi connectivity index (χ1n) is 10.4. The molecule has 32 heavy (non-hydrogen) atoms. The van der Waals surface area contributed by atoms with E-state index in [0.717, 1.165) is 11.3 Å². The van der Waals surface area contributed by atoms with Crippen LogP contribution < -0.4 is 4.74 Å². The molecule has 0 spiro atoms. The molecule has 1 amide bonds. The number of hydrogen-bond donors (Lipinski definition) is 1. The molecule has 4 rings (SSSR count). The van der Waals surface area contributed by atoms with Gasteiger partial charge in [-0.15, -0.1) is 11.3 Å². The second-order valence-corrected chi connectivity index (χ2v) is 11.5. The minimum Gasteiger partial charge on any atom is -0.509 e. The molecule has 0 unspecified atom stereocenters. The van der Waals surface area contributed by atoms with Crippen LogP contribution in [0.2, 0.25) is 0 Å². The Labute approximate surface area is 192 Å². The van der Waals surface area contributed by atoms with Crippen molar-refractivity contribution in [1.29, 1.82) is 0 Å². The summed E-state index contributed by atoms with van der Waals surface area (Å²) in [5, 5.41) is 13.1. The predicted molar refractivity (Wildman–Crippen MR) is 124 cm³/mol. The largest absolute Gasteiger partial charge is 0.509 e. The number of sulfonamides is 1. The first-order valence-corrected chi connectivity index (χ1v) is 12.8. The number of aliphatic hydroxyl groups excluding tert-OH is 1. The van der Waals surface area contributed by atoms with Crippen molar-refractivity contribution in [3.05, 3.63) is 57.5 Å². The van der Waals surface area contributed by atoms with Gasteiger partial charge in [0.1, 0.15) is 33.7 Å². The number of nitrogens with zero attached hydrogens (tertiary/aromatic N) is 2. The predicted octanol–water partition coefficient (Wildman–Crippen LogP) is 4.47. The molecule has 0 fully saturated rings. The van der Waals surface area contributed by atoms with Crippen LogP contribution >= 0.6 is 11.3 Å². The van der Waals surface area contributed by atoms with Crippen LogP contribution in [-0.2, 0) is 14.8 Å². The molecule has 0 saturated carbocycles. The fourth-order valence-electron chi connectivity index (χ4n) is 3.93. The highest BCUT2D eigenvalue weighted by molar-refractivity contribution is 7.91. The molecule has 0 bridgehead atoms. The van der Waals surface area contributed by atoms with Crippen LogP contribution in [0.25, 0.3) is 0 Å². The summed E-state index contributed by atoms with van der Waals surface area (Å²) >= 11 is 1.44. The van der Waals surface area contributed by atoms with Crippen molar-refractivity contribution in [2.75, 3.05) is 13.2 Å². The van der Waals surface area contributed by atoms with Crippen LogP contribution in [0.15, 0.2) is 56.3 Å². The molecule has 0 saturated heterocycles. The third kappa shape index (κ3) is 3.84. The summed E-state index contributed by atoms with van der Waals surface area (Å²) in [6, 6.07) is 7.87. The van der Waals surface area contributed by atoms with E-state index in [4.69, 9.17) is 4.74 Å². The van der Waals surface area contributed by atoms with Crippen LogP contribution in [0.5, 0.6) is 5.75 Å². The van der Waals surface area contributed by atoms with Gasteiger partial charge in [0, 0.05) is 17.0 Å². The number of carbonyl (C=O) groups excluding carboxylic acids is 1. The van der Waals surface area contributed by atoms with Crippen LogP contribution in [0.1, 0.15) is 50.6 Å². The maximum absolute atomic E-state index is 13.6. The Balaban J connectivity index is 1.84. The van der Waals surface area contributed by atoms with Crippen LogP contribution in [0.3, 0.4) is 0 Å². The van der Waals surface area contributed by atoms with Crippen molar-refractivity contribution < 1.29 is 23.1 Å². The molecule has 1 aromatic heterocycles. The molecular formula is C23H26N2O5S2. The fourth-order valence-corrected chi connectivity index (χ4v) is 6.12. The molecule has 3 heterocycles. The van der Waals surface area contributed by atoms with E-state index in [1.807, 2.05) is 17.5 Å². The lowest BCUT2D eigenvalue weighted by Gasteiger charge is -2.28. The number of fused-ring (bicyclic) bond motifs is 1. The van der Waals surface area contributed by atoms with Crippen LogP contribution in [0.4, 0.5) is 0 Å². The second kappa shape index (κ2) is 8.04. The molecule has 1 atom stereocenters. The van der Waals surface area contributed by atoms with Crippen molar-refractivity contribution in [3.8, 4) is 5.75 Å². The van der Waals surface area contributed by atoms with Gasteiger partial charge in [-0.3, -0.25) is 4.79 Å². The van der Waals surface area contributed by atoms with Gasteiger partial charge in [0.15, 0.2) is 0 Å². The molecule has 7 nitrogen and oxygen atoms in total. The van der Waals surface area contributed by atoms with Gasteiger partial charge in [0.2, 0.25) is 0 Å². The van der Waals surface area contributed by atoms with E-state index in [1.54, 1.807) is 30.0 Å². The number of aliphatic hydroxyl groups is 1. The van der Waals surface area contributed by atoms with Gasteiger partial charge in [0.05, 0.1) is 6.61 Å². The highest BCUT2D eigenvalue weighted by Gasteiger charge is 2.46. The van der Waals surface area contributed by atoms with Crippen molar-refractivity contribution in [1.82, 2.24) is 4.90 Å². The molecule has 2 aliphatic heterocycles. The zero-order valence-corrected chi connectivity index (χ0v) is 20.1. The maximum atomic E-state index is 13.6. The van der Waals surface area contributed by atoms with Gasteiger partial charge in [-0.1, -0.05) is 39.0 Å². The molecule has 1 N–H and O–H groups in total. The number of rotatable bonds is 6. The average Bonchev–Trinajstić information content (AvgIpc) is 3.37. The van der Waals surface area contributed by atoms with E-state index < -0.39 is 22.0 Å². The number of thiophene rings is 1. The first-order chi connectivity index (χ1) is 15.0. The Morgan fingerprint density at radius 2 is 1.97 bits per heavy atom. The SMILES string of the molecule is CCOc1cccc2c1S(=O)(=O)N=C2C1=C(O)[C@H](c2cccs2)N(CCC(C)(C)C)C1=O. The Kier molecular flexibility index (Phi) is 5.67. The van der Waals surface area contributed by atoms with Gasteiger partial charge in [-0.2, -0.15) is 12.8 Å². The lowest BCUT2D eigenvalue weighted by atomic mass is 9.92. The average molecular weight is 475 g/mol. The van der Waals surface area contributed by atoms with Crippen LogP contribution in [-0.4, -0.2) is 43.2 Å². The number of hydrogen-bond acceptors (Lipinski definition) is 6. The normalized spacial score (nSPS) is 20.0. The third-order valence-electron chi connectivity index (χ3n) is 5.46. The third-order valence-corrected chi connectivity index (χ3v) is 7.74. The van der Waals surface area contributed by atoms with Crippen molar-refractivity contribution >= 4 is 33.0 Å². The zero-order chi connectivity index (χ0) is 23.3. The van der Waals surface area contributed by atoms with E-state index in [1.165, 1.54) is 11.3 Å². The zero-order valence-electron chi connectivity index (χ0n) is 18.5. The summed E-state index contributed by atoms with van der Waals surface area (Å²) in [5.74, 6) is -0.405. The van der Waals surface area contributed by atoms with Gasteiger partial charge < -0.3 is 14.7 Å². The summed E-state index contributed by atoms with van der Waals surface area (Å²) in [6.45, 7) is 8.72. The summed E-state index contributed by atoms with van der Waals surface area (Å²) in [7, 11) is -4.07. The fraction of sp³-hybridized carbons (Fsp3) is 0.391. The van der Waals surface area contributed by atoms with Gasteiger partial charge in [-0.25, -0.2) is 0 Å². The van der Waals surface area contributed by atoms with Gasteiger partial charge >= 0.3 is 0 Å². The first kappa shape index (κ1) is 22.5. The van der Waals surface area contributed by atoms with E-state index >= 15 is 0 Å². The monoisotopic (exact) mass is 474 g/mol. The summed E-state index contributed by atoms with van der Waals surface area (Å²) in [4.78, 5) is 15.9. The maximum Gasteiger partial charge on any atom is 0.287 e. The Morgan fingerprint density at radius 1 is 1.22 bits per heavy atom. The van der Waals surface area contributed by atoms with E-state index in [9.17, 15) is 18.3 Å².